The van der Waals surface area contributed by atoms with E-state index in [0.29, 0.717) is 0 Å². The first-order valence-electron chi connectivity index (χ1n) is 9.47. The van der Waals surface area contributed by atoms with Crippen molar-refractivity contribution >= 4 is 17.5 Å². The van der Waals surface area contributed by atoms with Crippen molar-refractivity contribution in [2.75, 3.05) is 23.7 Å². The highest BCUT2D eigenvalue weighted by Crippen LogP contribution is 2.24. The van der Waals surface area contributed by atoms with Crippen LogP contribution in [-0.4, -0.2) is 41.2 Å². The molecule has 2 heterocycles. The van der Waals surface area contributed by atoms with E-state index < -0.39 is 11.9 Å². The Hall–Kier alpha value is -2.60. The van der Waals surface area contributed by atoms with E-state index in [0.717, 1.165) is 35.7 Å². The number of anilines is 2. The first-order chi connectivity index (χ1) is 13.0. The number of hydrogen-bond acceptors (Lipinski definition) is 5. The average Bonchev–Trinajstić information content (AvgIpc) is 2.70. The van der Waals surface area contributed by atoms with Crippen molar-refractivity contribution in [1.29, 1.82) is 0 Å². The maximum absolute atomic E-state index is 11.2. The number of benzene rings is 1. The van der Waals surface area contributed by atoms with Crippen LogP contribution in [0, 0.1) is 0 Å². The molecule has 4 N–H and O–H groups in total. The first kappa shape index (κ1) is 19.2. The third-order valence-corrected chi connectivity index (χ3v) is 5.34. The van der Waals surface area contributed by atoms with Crippen LogP contribution in [-0.2, 0) is 4.79 Å². The normalized spacial score (nSPS) is 19.1. The Kier molecular flexibility index (Phi) is 5.96. The minimum Gasteiger partial charge on any atom is -0.481 e. The highest BCUT2D eigenvalue weighted by atomic mass is 16.4. The molecule has 0 radical (unpaired) electrons. The maximum Gasteiger partial charge on any atom is 0.310 e. The van der Waals surface area contributed by atoms with Crippen molar-refractivity contribution in [1.82, 2.24) is 10.3 Å². The molecule has 2 aromatic rings. The zero-order chi connectivity index (χ0) is 19.4. The van der Waals surface area contributed by atoms with E-state index in [9.17, 15) is 9.90 Å². The molecule has 0 unspecified atom stereocenters. The molecule has 0 spiro atoms. The number of aromatic nitrogens is 1. The van der Waals surface area contributed by atoms with Gasteiger partial charge in [0.1, 0.15) is 5.82 Å². The summed E-state index contributed by atoms with van der Waals surface area (Å²) in [7, 11) is 0. The summed E-state index contributed by atoms with van der Waals surface area (Å²) < 4.78 is 0. The molecule has 1 aliphatic heterocycles. The molecule has 0 saturated carbocycles. The van der Waals surface area contributed by atoms with Gasteiger partial charge >= 0.3 is 5.97 Å². The summed E-state index contributed by atoms with van der Waals surface area (Å²) in [5.74, 6) is -0.105. The molecule has 0 bridgehead atoms. The third-order valence-electron chi connectivity index (χ3n) is 5.34. The van der Waals surface area contributed by atoms with Gasteiger partial charge in [0, 0.05) is 25.3 Å². The minimum absolute atomic E-state index is 0.248. The van der Waals surface area contributed by atoms with Gasteiger partial charge in [-0.05, 0) is 43.0 Å². The summed E-state index contributed by atoms with van der Waals surface area (Å²) in [6.07, 6.45) is 1.79. The van der Waals surface area contributed by atoms with Gasteiger partial charge in [-0.15, -0.1) is 0 Å². The number of carbonyl (C=O) groups is 1. The van der Waals surface area contributed by atoms with E-state index in [1.54, 1.807) is 13.1 Å². The second-order valence-electron chi connectivity index (χ2n) is 7.36. The van der Waals surface area contributed by atoms with Gasteiger partial charge in [-0.3, -0.25) is 4.79 Å². The number of aliphatic carboxylic acids is 1. The molecule has 6 heteroatoms. The Morgan fingerprint density at radius 3 is 2.81 bits per heavy atom. The van der Waals surface area contributed by atoms with Crippen molar-refractivity contribution < 1.29 is 9.90 Å². The van der Waals surface area contributed by atoms with Crippen LogP contribution in [0.4, 0.5) is 11.5 Å². The summed E-state index contributed by atoms with van der Waals surface area (Å²) in [5.41, 5.74) is 3.04. The van der Waals surface area contributed by atoms with Crippen LogP contribution in [0.15, 0.2) is 42.6 Å². The topological polar surface area (TPSA) is 86.3 Å². The zero-order valence-corrected chi connectivity index (χ0v) is 16.1. The lowest BCUT2D eigenvalue weighted by Gasteiger charge is -2.32. The second kappa shape index (κ2) is 8.39. The molecule has 1 aromatic heterocycles. The number of rotatable bonds is 7. The van der Waals surface area contributed by atoms with Crippen molar-refractivity contribution in [2.45, 2.75) is 44.7 Å². The number of nitrogens with zero attached hydrogens (tertiary/aromatic N) is 1. The van der Waals surface area contributed by atoms with Crippen LogP contribution < -0.4 is 16.0 Å². The lowest BCUT2D eigenvalue weighted by molar-refractivity contribution is -0.138. The lowest BCUT2D eigenvalue weighted by atomic mass is 9.94. The molecule has 3 rings (SSSR count). The van der Waals surface area contributed by atoms with E-state index in [-0.39, 0.29) is 18.0 Å². The Morgan fingerprint density at radius 1 is 1.26 bits per heavy atom. The molecule has 1 aromatic carbocycles. The zero-order valence-electron chi connectivity index (χ0n) is 16.1. The number of fused-ring (bicyclic) bond motifs is 1. The number of hydrogen-bond donors (Lipinski definition) is 4. The molecule has 27 heavy (non-hydrogen) atoms. The Morgan fingerprint density at radius 2 is 2.04 bits per heavy atom. The fraction of sp³-hybridized carbons (Fsp3) is 0.429. The monoisotopic (exact) mass is 368 g/mol. The van der Waals surface area contributed by atoms with Gasteiger partial charge < -0.3 is 21.1 Å². The van der Waals surface area contributed by atoms with E-state index in [1.807, 2.05) is 30.3 Å². The summed E-state index contributed by atoms with van der Waals surface area (Å²) in [4.78, 5) is 15.6. The fourth-order valence-electron chi connectivity index (χ4n) is 3.31. The predicted octanol–water partition coefficient (Wildman–Crippen LogP) is 3.26. The molecule has 6 nitrogen and oxygen atoms in total. The molecule has 144 valence electrons. The van der Waals surface area contributed by atoms with Crippen LogP contribution in [0.5, 0.6) is 0 Å². The number of pyridine rings is 1. The van der Waals surface area contributed by atoms with Crippen molar-refractivity contribution in [2.24, 2.45) is 0 Å². The van der Waals surface area contributed by atoms with E-state index in [1.165, 1.54) is 0 Å². The van der Waals surface area contributed by atoms with E-state index in [4.69, 9.17) is 0 Å². The maximum atomic E-state index is 11.2. The highest BCUT2D eigenvalue weighted by Gasteiger charge is 2.23. The van der Waals surface area contributed by atoms with Crippen LogP contribution in [0.25, 0.3) is 0 Å². The lowest BCUT2D eigenvalue weighted by Crippen LogP contribution is -2.48. The van der Waals surface area contributed by atoms with Gasteiger partial charge in [-0.1, -0.05) is 31.2 Å². The van der Waals surface area contributed by atoms with Gasteiger partial charge in [0.05, 0.1) is 17.6 Å². The van der Waals surface area contributed by atoms with Gasteiger partial charge in [0.25, 0.3) is 0 Å². The van der Waals surface area contributed by atoms with E-state index >= 15 is 0 Å². The van der Waals surface area contributed by atoms with Crippen molar-refractivity contribution in [3.05, 3.63) is 53.7 Å². The predicted molar refractivity (Wildman–Crippen MR) is 109 cm³/mol. The van der Waals surface area contributed by atoms with Crippen LogP contribution in [0.1, 0.15) is 43.7 Å². The summed E-state index contributed by atoms with van der Waals surface area (Å²) in [6, 6.07) is 12.4. The van der Waals surface area contributed by atoms with Gasteiger partial charge in [0.2, 0.25) is 0 Å². The molecule has 4 atom stereocenters. The Bertz CT molecular complexity index is 795. The molecule has 0 fully saturated rings. The SMILES string of the molecule is C[C@H](C(=O)O)c1cccc([C@@H](C)CN[C@H](C)[C@H]2CNc3cccnc3N2)c1. The molecule has 1 aliphatic rings. The van der Waals surface area contributed by atoms with Crippen LogP contribution in [0.3, 0.4) is 0 Å². The highest BCUT2D eigenvalue weighted by molar-refractivity contribution is 5.75. The third kappa shape index (κ3) is 4.57. The number of nitrogens with one attached hydrogen (secondary N) is 3. The smallest absolute Gasteiger partial charge is 0.310 e. The van der Waals surface area contributed by atoms with Gasteiger partial charge in [-0.25, -0.2) is 4.98 Å². The average molecular weight is 368 g/mol. The Labute approximate surface area is 160 Å². The largest absolute Gasteiger partial charge is 0.481 e. The van der Waals surface area contributed by atoms with Crippen molar-refractivity contribution in [3.63, 3.8) is 0 Å². The first-order valence-corrected chi connectivity index (χ1v) is 9.47. The van der Waals surface area contributed by atoms with Crippen LogP contribution >= 0.6 is 0 Å². The number of carboxylic acid groups (broad SMARTS) is 1. The van der Waals surface area contributed by atoms with E-state index in [2.05, 4.69) is 40.8 Å². The van der Waals surface area contributed by atoms with Gasteiger partial charge in [0.15, 0.2) is 0 Å². The number of carboxylic acids is 1. The quantitative estimate of drug-likeness (QED) is 0.600. The molecule has 0 saturated heterocycles. The fourth-order valence-corrected chi connectivity index (χ4v) is 3.31. The van der Waals surface area contributed by atoms with Crippen LogP contribution in [0.2, 0.25) is 0 Å². The molecular weight excluding hydrogens is 340 g/mol. The standard InChI is InChI=1S/C21H28N4O2/c1-13(16-6-4-7-17(10-16)14(2)21(26)27)11-23-15(3)19-12-24-18-8-5-9-22-20(18)25-19/h4-10,13-15,19,23-24H,11-12H2,1-3H3,(H,22,25)(H,26,27)/t13-,14-,15+,19+/m0/s1. The molecule has 0 amide bonds. The molecular formula is C21H28N4O2. The van der Waals surface area contributed by atoms with Crippen molar-refractivity contribution in [3.8, 4) is 0 Å². The summed E-state index contributed by atoms with van der Waals surface area (Å²) in [5, 5.41) is 19.7. The minimum atomic E-state index is -0.795. The summed E-state index contributed by atoms with van der Waals surface area (Å²) >= 11 is 0. The summed E-state index contributed by atoms with van der Waals surface area (Å²) in [6.45, 7) is 7.71. The Balaban J connectivity index is 1.57. The van der Waals surface area contributed by atoms with Gasteiger partial charge in [-0.2, -0.15) is 0 Å². The molecule has 0 aliphatic carbocycles. The second-order valence-corrected chi connectivity index (χ2v) is 7.36.